The highest BCUT2D eigenvalue weighted by atomic mass is 32.2. The quantitative estimate of drug-likeness (QED) is 0.458. The maximum atomic E-state index is 4.25. The first-order chi connectivity index (χ1) is 7.22. The van der Waals surface area contributed by atoms with Gasteiger partial charge in [-0.2, -0.15) is 0 Å². The molecule has 1 unspecified atom stereocenters. The van der Waals surface area contributed by atoms with Gasteiger partial charge in [-0.15, -0.1) is 0 Å². The minimum absolute atomic E-state index is 0.601. The molecule has 84 valence electrons. The molecule has 0 aliphatic rings. The van der Waals surface area contributed by atoms with Crippen LogP contribution < -0.4 is 5.32 Å². The number of rotatable bonds is 6. The zero-order valence-corrected chi connectivity index (χ0v) is 10.5. The van der Waals surface area contributed by atoms with Crippen molar-refractivity contribution in [3.05, 3.63) is 18.0 Å². The lowest BCUT2D eigenvalue weighted by Crippen LogP contribution is -2.20. The Morgan fingerprint density at radius 2 is 2.07 bits per heavy atom. The molecule has 0 saturated heterocycles. The van der Waals surface area contributed by atoms with Crippen molar-refractivity contribution < 1.29 is 0 Å². The van der Waals surface area contributed by atoms with Gasteiger partial charge in [0.15, 0.2) is 5.16 Å². The summed E-state index contributed by atoms with van der Waals surface area (Å²) in [4.78, 5) is 8.50. The molecular formula is C11H19N3S. The van der Waals surface area contributed by atoms with Crippen molar-refractivity contribution in [3.8, 4) is 0 Å². The third-order valence-corrected chi connectivity index (χ3v) is 3.22. The summed E-state index contributed by atoms with van der Waals surface area (Å²) in [5.74, 6) is 1.09. The van der Waals surface area contributed by atoms with E-state index in [2.05, 4.69) is 22.2 Å². The summed E-state index contributed by atoms with van der Waals surface area (Å²) in [5.41, 5.74) is 1.11. The summed E-state index contributed by atoms with van der Waals surface area (Å²) < 4.78 is 0. The normalized spacial score (nSPS) is 12.7. The van der Waals surface area contributed by atoms with Crippen molar-refractivity contribution in [2.75, 3.05) is 12.8 Å². The first-order valence-electron chi connectivity index (χ1n) is 5.31. The Labute approximate surface area is 96.1 Å². The van der Waals surface area contributed by atoms with Crippen molar-refractivity contribution in [1.82, 2.24) is 15.3 Å². The van der Waals surface area contributed by atoms with Gasteiger partial charge in [0.25, 0.3) is 0 Å². The van der Waals surface area contributed by atoms with Crippen LogP contribution in [0.15, 0.2) is 17.6 Å². The van der Waals surface area contributed by atoms with Crippen LogP contribution >= 0.6 is 11.8 Å². The maximum Gasteiger partial charge on any atom is 0.187 e. The third kappa shape index (κ3) is 5.14. The Hall–Kier alpha value is -0.610. The second-order valence-electron chi connectivity index (χ2n) is 3.72. The Kier molecular flexibility index (Phi) is 5.65. The molecule has 0 amide bonds. The van der Waals surface area contributed by atoms with Crippen LogP contribution in [0.25, 0.3) is 0 Å². The van der Waals surface area contributed by atoms with Gasteiger partial charge in [0, 0.05) is 24.2 Å². The van der Waals surface area contributed by atoms with Crippen LogP contribution in [-0.2, 0) is 0 Å². The lowest BCUT2D eigenvalue weighted by Gasteiger charge is -2.08. The molecule has 1 N–H and O–H groups in total. The number of thioether (sulfide) groups is 1. The second kappa shape index (κ2) is 6.80. The minimum Gasteiger partial charge on any atom is -0.317 e. The molecule has 0 spiro atoms. The standard InChI is InChI=1S/C11H19N3S/c1-9-7-13-11(14-8-9)15-6-4-5-10(2)12-3/h7-8,10,12H,4-6H2,1-3H3. The van der Waals surface area contributed by atoms with E-state index >= 15 is 0 Å². The van der Waals surface area contributed by atoms with E-state index in [-0.39, 0.29) is 0 Å². The van der Waals surface area contributed by atoms with Crippen LogP contribution in [0.1, 0.15) is 25.3 Å². The number of hydrogen-bond donors (Lipinski definition) is 1. The van der Waals surface area contributed by atoms with E-state index in [9.17, 15) is 0 Å². The fourth-order valence-electron chi connectivity index (χ4n) is 1.15. The Bertz CT molecular complexity index is 274. The van der Waals surface area contributed by atoms with Gasteiger partial charge in [-0.25, -0.2) is 9.97 Å². The van der Waals surface area contributed by atoms with Crippen molar-refractivity contribution in [2.24, 2.45) is 0 Å². The van der Waals surface area contributed by atoms with Crippen LogP contribution in [0.4, 0.5) is 0 Å². The number of nitrogens with one attached hydrogen (secondary N) is 1. The van der Waals surface area contributed by atoms with Crippen molar-refractivity contribution >= 4 is 11.8 Å². The monoisotopic (exact) mass is 225 g/mol. The van der Waals surface area contributed by atoms with E-state index in [1.807, 2.05) is 26.4 Å². The molecule has 0 saturated carbocycles. The number of aryl methyl sites for hydroxylation is 1. The molecule has 4 heteroatoms. The Balaban J connectivity index is 2.17. The Morgan fingerprint density at radius 3 is 2.67 bits per heavy atom. The summed E-state index contributed by atoms with van der Waals surface area (Å²) in [6.45, 7) is 4.20. The first-order valence-corrected chi connectivity index (χ1v) is 6.29. The number of nitrogens with zero attached hydrogens (tertiary/aromatic N) is 2. The van der Waals surface area contributed by atoms with Crippen molar-refractivity contribution in [2.45, 2.75) is 37.9 Å². The van der Waals surface area contributed by atoms with Gasteiger partial charge in [0.2, 0.25) is 0 Å². The van der Waals surface area contributed by atoms with Gasteiger partial charge < -0.3 is 5.32 Å². The fraction of sp³-hybridized carbons (Fsp3) is 0.636. The SMILES string of the molecule is CNC(C)CCCSc1ncc(C)cn1. The number of aromatic nitrogens is 2. The molecule has 0 aliphatic heterocycles. The lowest BCUT2D eigenvalue weighted by atomic mass is 10.2. The van der Waals surface area contributed by atoms with Gasteiger partial charge in [0.05, 0.1) is 0 Å². The molecular weight excluding hydrogens is 206 g/mol. The van der Waals surface area contributed by atoms with Gasteiger partial charge in [0.1, 0.15) is 0 Å². The minimum atomic E-state index is 0.601. The van der Waals surface area contributed by atoms with E-state index in [1.165, 1.54) is 12.8 Å². The molecule has 1 aromatic heterocycles. The molecule has 0 radical (unpaired) electrons. The van der Waals surface area contributed by atoms with Crippen LogP contribution in [0.3, 0.4) is 0 Å². The Morgan fingerprint density at radius 1 is 1.40 bits per heavy atom. The molecule has 1 atom stereocenters. The average Bonchev–Trinajstić information content (AvgIpc) is 2.26. The van der Waals surface area contributed by atoms with Gasteiger partial charge in [-0.05, 0) is 39.3 Å². The molecule has 1 rings (SSSR count). The van der Waals surface area contributed by atoms with Crippen molar-refractivity contribution in [3.63, 3.8) is 0 Å². The highest BCUT2D eigenvalue weighted by Gasteiger charge is 2.00. The summed E-state index contributed by atoms with van der Waals surface area (Å²) in [6.07, 6.45) is 6.14. The summed E-state index contributed by atoms with van der Waals surface area (Å²) in [5, 5.41) is 4.12. The fourth-order valence-corrected chi connectivity index (χ4v) is 1.90. The first kappa shape index (κ1) is 12.5. The highest BCUT2D eigenvalue weighted by molar-refractivity contribution is 7.99. The van der Waals surface area contributed by atoms with Crippen LogP contribution in [0.5, 0.6) is 0 Å². The van der Waals surface area contributed by atoms with E-state index < -0.39 is 0 Å². The van der Waals surface area contributed by atoms with Gasteiger partial charge in [-0.3, -0.25) is 0 Å². The molecule has 15 heavy (non-hydrogen) atoms. The van der Waals surface area contributed by atoms with Crippen molar-refractivity contribution in [1.29, 1.82) is 0 Å². The molecule has 1 heterocycles. The van der Waals surface area contributed by atoms with Crippen LogP contribution in [0, 0.1) is 6.92 Å². The molecule has 1 aromatic rings. The van der Waals surface area contributed by atoms with E-state index in [0.717, 1.165) is 16.5 Å². The topological polar surface area (TPSA) is 37.8 Å². The zero-order chi connectivity index (χ0) is 11.1. The maximum absolute atomic E-state index is 4.25. The van der Waals surface area contributed by atoms with Crippen LogP contribution in [-0.4, -0.2) is 28.8 Å². The average molecular weight is 225 g/mol. The molecule has 0 fully saturated rings. The van der Waals surface area contributed by atoms with E-state index in [0.29, 0.717) is 6.04 Å². The zero-order valence-electron chi connectivity index (χ0n) is 9.66. The third-order valence-electron chi connectivity index (χ3n) is 2.26. The molecule has 3 nitrogen and oxygen atoms in total. The smallest absolute Gasteiger partial charge is 0.187 e. The number of hydrogen-bond acceptors (Lipinski definition) is 4. The van der Waals surface area contributed by atoms with Crippen LogP contribution in [0.2, 0.25) is 0 Å². The largest absolute Gasteiger partial charge is 0.317 e. The molecule has 0 aliphatic carbocycles. The summed E-state index contributed by atoms with van der Waals surface area (Å²) >= 11 is 1.73. The van der Waals surface area contributed by atoms with Gasteiger partial charge >= 0.3 is 0 Å². The molecule has 0 bridgehead atoms. The van der Waals surface area contributed by atoms with E-state index in [4.69, 9.17) is 0 Å². The lowest BCUT2D eigenvalue weighted by molar-refractivity contribution is 0.559. The van der Waals surface area contributed by atoms with E-state index in [1.54, 1.807) is 11.8 Å². The summed E-state index contributed by atoms with van der Waals surface area (Å²) in [7, 11) is 2.00. The molecule has 0 aromatic carbocycles. The highest BCUT2D eigenvalue weighted by Crippen LogP contribution is 2.14. The predicted molar refractivity (Wildman–Crippen MR) is 65.2 cm³/mol. The predicted octanol–water partition coefficient (Wildman–Crippen LogP) is 2.27. The van der Waals surface area contributed by atoms with Gasteiger partial charge in [-0.1, -0.05) is 11.8 Å². The second-order valence-corrected chi connectivity index (χ2v) is 4.79. The summed E-state index contributed by atoms with van der Waals surface area (Å²) in [6, 6.07) is 0.601.